The van der Waals surface area contributed by atoms with Crippen molar-refractivity contribution in [2.24, 2.45) is 0 Å². The molecule has 0 aliphatic heterocycles. The molecule has 0 aromatic heterocycles. The Morgan fingerprint density at radius 2 is 1.39 bits per heavy atom. The smallest absolute Gasteiger partial charge is 0.178 e. The lowest BCUT2D eigenvalue weighted by Crippen LogP contribution is -2.64. The third-order valence-electron chi connectivity index (χ3n) is 4.48. The van der Waals surface area contributed by atoms with E-state index in [0.29, 0.717) is 11.1 Å². The molecule has 6 nitrogen and oxygen atoms in total. The molecule has 0 spiro atoms. The maximum absolute atomic E-state index is 10.7. The van der Waals surface area contributed by atoms with Gasteiger partial charge < -0.3 is 25.5 Å². The summed E-state index contributed by atoms with van der Waals surface area (Å²) in [5.74, 6) is 2.11. The van der Waals surface area contributed by atoms with E-state index in [1.807, 2.05) is 25.1 Å². The molecule has 0 aliphatic carbocycles. The van der Waals surface area contributed by atoms with Gasteiger partial charge in [0.15, 0.2) is 12.0 Å². The first-order valence-corrected chi connectivity index (χ1v) is 8.75. The van der Waals surface area contributed by atoms with Crippen LogP contribution < -0.4 is 5.32 Å². The van der Waals surface area contributed by atoms with E-state index in [0.717, 1.165) is 5.56 Å². The summed E-state index contributed by atoms with van der Waals surface area (Å²) >= 11 is 0. The van der Waals surface area contributed by atoms with Crippen LogP contribution in [0.15, 0.2) is 54.6 Å². The van der Waals surface area contributed by atoms with E-state index in [2.05, 4.69) is 11.2 Å². The highest BCUT2D eigenvalue weighted by Crippen LogP contribution is 2.33. The Morgan fingerprint density at radius 3 is 1.82 bits per heavy atom. The predicted octanol–water partition coefficient (Wildman–Crippen LogP) is 1.51. The molecule has 0 fully saturated rings. The first-order chi connectivity index (χ1) is 12.8. The number of benzene rings is 2. The molecular formula is C22H29NO5. The Morgan fingerprint density at radius 1 is 0.893 bits per heavy atom. The van der Waals surface area contributed by atoms with Crippen LogP contribution in [0, 0.1) is 19.3 Å². The maximum Gasteiger partial charge on any atom is 0.178 e. The molecule has 6 heteroatoms. The Balaban J connectivity index is 0.000000362. The molecule has 0 amide bonds. The second-order valence-corrected chi connectivity index (χ2v) is 7.09. The normalized spacial score (nSPS) is 17.3. The summed E-state index contributed by atoms with van der Waals surface area (Å²) in [4.78, 5) is 0. The molecule has 3 atom stereocenters. The average Bonchev–Trinajstić information content (AvgIpc) is 2.62. The topological polar surface area (TPSA) is 113 Å². The zero-order chi connectivity index (χ0) is 21.6. The molecular weight excluding hydrogens is 358 g/mol. The van der Waals surface area contributed by atoms with Crippen molar-refractivity contribution >= 4 is 0 Å². The molecule has 6 N–H and O–H groups in total. The first kappa shape index (κ1) is 23.8. The fourth-order valence-electron chi connectivity index (χ4n) is 2.64. The molecule has 3 unspecified atom stereocenters. The lowest BCUT2D eigenvalue weighted by atomic mass is 9.83. The Labute approximate surface area is 166 Å². The van der Waals surface area contributed by atoms with Gasteiger partial charge in [0.1, 0.15) is 11.3 Å². The molecule has 0 aliphatic rings. The van der Waals surface area contributed by atoms with E-state index < -0.39 is 23.3 Å². The number of rotatable bonds is 5. The summed E-state index contributed by atoms with van der Waals surface area (Å²) in [6.07, 6.45) is 3.83. The van der Waals surface area contributed by atoms with Crippen LogP contribution in [0.4, 0.5) is 0 Å². The number of terminal acetylenes is 1. The van der Waals surface area contributed by atoms with Crippen LogP contribution in [0.1, 0.15) is 43.8 Å². The lowest BCUT2D eigenvalue weighted by Gasteiger charge is -2.43. The van der Waals surface area contributed by atoms with Crippen molar-refractivity contribution in [1.82, 2.24) is 5.32 Å². The van der Waals surface area contributed by atoms with E-state index in [9.17, 15) is 15.3 Å². The Kier molecular flexibility index (Phi) is 7.91. The van der Waals surface area contributed by atoms with Crippen LogP contribution in [-0.2, 0) is 5.60 Å². The average molecular weight is 387 g/mol. The van der Waals surface area contributed by atoms with Gasteiger partial charge >= 0.3 is 0 Å². The van der Waals surface area contributed by atoms with Gasteiger partial charge in [-0.1, -0.05) is 60.5 Å². The van der Waals surface area contributed by atoms with Crippen LogP contribution in [0.25, 0.3) is 0 Å². The molecule has 2 aromatic carbocycles. The zero-order valence-corrected chi connectivity index (χ0v) is 16.6. The van der Waals surface area contributed by atoms with E-state index >= 15 is 0 Å². The number of nitrogens with one attached hydrogen (secondary N) is 1. The van der Waals surface area contributed by atoms with Crippen LogP contribution >= 0.6 is 0 Å². The minimum atomic E-state index is -1.81. The minimum absolute atomic E-state index is 0.525. The summed E-state index contributed by atoms with van der Waals surface area (Å²) in [6, 6.07) is 15.8. The highest BCUT2D eigenvalue weighted by atomic mass is 16.5. The van der Waals surface area contributed by atoms with E-state index in [4.69, 9.17) is 16.6 Å². The summed E-state index contributed by atoms with van der Waals surface area (Å²) in [6.45, 7) is 5.99. The molecule has 0 saturated carbocycles. The van der Waals surface area contributed by atoms with E-state index in [1.165, 1.54) is 20.8 Å². The largest absolute Gasteiger partial charge is 0.381 e. The summed E-state index contributed by atoms with van der Waals surface area (Å²) in [5.41, 5.74) is -3.25. The van der Waals surface area contributed by atoms with Crippen molar-refractivity contribution in [3.05, 3.63) is 71.3 Å². The van der Waals surface area contributed by atoms with Crippen molar-refractivity contribution in [3.8, 4) is 12.3 Å². The van der Waals surface area contributed by atoms with Gasteiger partial charge in [-0.25, -0.2) is 5.32 Å². The molecule has 0 radical (unpaired) electrons. The molecule has 152 valence electrons. The summed E-state index contributed by atoms with van der Waals surface area (Å²) in [7, 11) is 0. The first-order valence-electron chi connectivity index (χ1n) is 8.75. The summed E-state index contributed by atoms with van der Waals surface area (Å²) in [5, 5.41) is 50.6. The molecule has 0 saturated heterocycles. The lowest BCUT2D eigenvalue weighted by molar-refractivity contribution is -0.182. The molecule has 0 bridgehead atoms. The Bertz CT molecular complexity index is 792. The quantitative estimate of drug-likeness (QED) is 0.343. The van der Waals surface area contributed by atoms with Gasteiger partial charge in [-0.2, -0.15) is 0 Å². The van der Waals surface area contributed by atoms with Gasteiger partial charge in [-0.15, -0.1) is 6.42 Å². The van der Waals surface area contributed by atoms with Gasteiger partial charge in [0.25, 0.3) is 0 Å². The Hall–Kier alpha value is -2.24. The number of aliphatic hydroxyl groups is 5. The fourth-order valence-corrected chi connectivity index (χ4v) is 2.64. The van der Waals surface area contributed by atoms with Crippen LogP contribution in [0.5, 0.6) is 0 Å². The van der Waals surface area contributed by atoms with Crippen molar-refractivity contribution in [3.63, 3.8) is 0 Å². The van der Waals surface area contributed by atoms with Crippen molar-refractivity contribution in [2.75, 3.05) is 0 Å². The van der Waals surface area contributed by atoms with Crippen LogP contribution in [0.2, 0.25) is 0 Å². The zero-order valence-electron chi connectivity index (χ0n) is 16.6. The van der Waals surface area contributed by atoms with Gasteiger partial charge in [0, 0.05) is 5.56 Å². The highest BCUT2D eigenvalue weighted by molar-refractivity contribution is 5.33. The highest BCUT2D eigenvalue weighted by Gasteiger charge is 2.46. The van der Waals surface area contributed by atoms with Crippen LogP contribution in [-0.4, -0.2) is 37.0 Å². The monoisotopic (exact) mass is 387 g/mol. The molecule has 2 rings (SSSR count). The minimum Gasteiger partial charge on any atom is -0.381 e. The van der Waals surface area contributed by atoms with Gasteiger partial charge in [-0.3, -0.25) is 0 Å². The van der Waals surface area contributed by atoms with Gasteiger partial charge in [-0.05, 0) is 38.8 Å². The number of aryl methyl sites for hydroxylation is 1. The molecule has 0 heterocycles. The standard InChI is InChI=1S/C15H21NO3.C7H8O2/c1-6-13(3,17)16-15(5,19)14(4,18)12-10-8-7-9-11(12)2;8-7(9)6-4-2-1-3-5-6/h1,7-10,16-19H,2-5H3;1-5,7-9H. The van der Waals surface area contributed by atoms with Gasteiger partial charge in [0.05, 0.1) is 0 Å². The van der Waals surface area contributed by atoms with Gasteiger partial charge in [0.2, 0.25) is 0 Å². The second kappa shape index (κ2) is 9.30. The van der Waals surface area contributed by atoms with Crippen molar-refractivity contribution in [2.45, 2.75) is 51.0 Å². The van der Waals surface area contributed by atoms with E-state index in [1.54, 1.807) is 36.4 Å². The third-order valence-corrected chi connectivity index (χ3v) is 4.48. The van der Waals surface area contributed by atoms with Crippen molar-refractivity contribution < 1.29 is 25.5 Å². The van der Waals surface area contributed by atoms with E-state index in [-0.39, 0.29) is 0 Å². The number of hydrogen-bond acceptors (Lipinski definition) is 6. The number of aliphatic hydroxyl groups excluding tert-OH is 1. The molecule has 2 aromatic rings. The van der Waals surface area contributed by atoms with Crippen LogP contribution in [0.3, 0.4) is 0 Å². The fraction of sp³-hybridized carbons (Fsp3) is 0.364. The summed E-state index contributed by atoms with van der Waals surface area (Å²) < 4.78 is 0. The van der Waals surface area contributed by atoms with Crippen molar-refractivity contribution in [1.29, 1.82) is 0 Å². The number of hydrogen-bond donors (Lipinski definition) is 6. The SMILES string of the molecule is C#CC(C)(O)NC(C)(O)C(C)(O)c1ccccc1C.OC(O)c1ccccc1. The third kappa shape index (κ3) is 6.14. The second-order valence-electron chi connectivity index (χ2n) is 7.09. The maximum atomic E-state index is 10.7. The predicted molar refractivity (Wildman–Crippen MR) is 108 cm³/mol. The molecule has 28 heavy (non-hydrogen) atoms.